The minimum absolute atomic E-state index is 0.281. The summed E-state index contributed by atoms with van der Waals surface area (Å²) in [6.45, 7) is 1.42. The second kappa shape index (κ2) is 3.81. The van der Waals surface area contributed by atoms with Crippen molar-refractivity contribution in [2.45, 2.75) is 13.5 Å². The average Bonchev–Trinajstić information content (AvgIpc) is 2.11. The molecule has 0 saturated heterocycles. The Morgan fingerprint density at radius 3 is 3.00 bits per heavy atom. The van der Waals surface area contributed by atoms with E-state index in [1.807, 2.05) is 0 Å². The van der Waals surface area contributed by atoms with Crippen LogP contribution >= 0.6 is 0 Å². The molecule has 1 heterocycles. The molecular formula is C7H9N3O3. The molecule has 0 fully saturated rings. The third-order valence-electron chi connectivity index (χ3n) is 1.42. The van der Waals surface area contributed by atoms with Gasteiger partial charge in [-0.3, -0.25) is 14.8 Å². The summed E-state index contributed by atoms with van der Waals surface area (Å²) in [5.41, 5.74) is 1.67. The maximum atomic E-state index is 11.1. The van der Waals surface area contributed by atoms with Crippen molar-refractivity contribution in [1.29, 1.82) is 0 Å². The van der Waals surface area contributed by atoms with Crippen LogP contribution in [0.4, 0.5) is 0 Å². The van der Waals surface area contributed by atoms with Gasteiger partial charge in [-0.1, -0.05) is 0 Å². The van der Waals surface area contributed by atoms with Gasteiger partial charge < -0.3 is 0 Å². The van der Waals surface area contributed by atoms with E-state index < -0.39 is 5.91 Å². The quantitative estimate of drug-likeness (QED) is 0.457. The smallest absolute Gasteiger partial charge is 0.267 e. The predicted octanol–water partition coefficient (Wildman–Crippen LogP) is -0.943. The number of rotatable bonds is 2. The van der Waals surface area contributed by atoms with Gasteiger partial charge in [-0.25, -0.2) is 10.2 Å². The highest BCUT2D eigenvalue weighted by atomic mass is 16.5. The second-order valence-electron chi connectivity index (χ2n) is 2.51. The van der Waals surface area contributed by atoms with E-state index in [-0.39, 0.29) is 12.1 Å². The van der Waals surface area contributed by atoms with Gasteiger partial charge >= 0.3 is 0 Å². The molecule has 1 aromatic heterocycles. The number of amides is 1. The lowest BCUT2D eigenvalue weighted by molar-refractivity contribution is -0.130. The van der Waals surface area contributed by atoms with Crippen LogP contribution in [0.15, 0.2) is 16.9 Å². The van der Waals surface area contributed by atoms with Gasteiger partial charge in [0, 0.05) is 6.07 Å². The Hall–Kier alpha value is -1.69. The number of nitrogens with one attached hydrogen (secondary N) is 1. The lowest BCUT2D eigenvalue weighted by Gasteiger charge is -2.02. The molecule has 0 radical (unpaired) electrons. The molecule has 0 aliphatic carbocycles. The zero-order valence-corrected chi connectivity index (χ0v) is 7.02. The summed E-state index contributed by atoms with van der Waals surface area (Å²) < 4.78 is 0.973. The van der Waals surface area contributed by atoms with E-state index in [1.165, 1.54) is 11.5 Å². The van der Waals surface area contributed by atoms with Crippen LogP contribution in [0.3, 0.4) is 0 Å². The molecule has 1 rings (SSSR count). The maximum absolute atomic E-state index is 11.1. The second-order valence-corrected chi connectivity index (χ2v) is 2.51. The topological polar surface area (TPSA) is 84.2 Å². The fraction of sp³-hybridized carbons (Fsp3) is 0.286. The summed E-state index contributed by atoms with van der Waals surface area (Å²) in [6.07, 6.45) is 0. The van der Waals surface area contributed by atoms with Gasteiger partial charge in [0.05, 0.1) is 5.69 Å². The molecule has 0 aromatic carbocycles. The number of hydrogen-bond acceptors (Lipinski definition) is 4. The normalized spacial score (nSPS) is 9.69. The van der Waals surface area contributed by atoms with Crippen molar-refractivity contribution in [2.75, 3.05) is 0 Å². The highest BCUT2D eigenvalue weighted by Crippen LogP contribution is 1.85. The van der Waals surface area contributed by atoms with Crippen LogP contribution in [0.5, 0.6) is 0 Å². The van der Waals surface area contributed by atoms with Crippen molar-refractivity contribution < 1.29 is 10.0 Å². The molecule has 0 bridgehead atoms. The molecule has 0 aliphatic heterocycles. The number of aryl methyl sites for hydroxylation is 1. The fourth-order valence-corrected chi connectivity index (χ4v) is 0.836. The molecule has 0 spiro atoms. The number of carbonyl (C=O) groups excluding carboxylic acids is 1. The van der Waals surface area contributed by atoms with Gasteiger partial charge in [0.2, 0.25) is 0 Å². The van der Waals surface area contributed by atoms with E-state index in [1.54, 1.807) is 13.0 Å². The highest BCUT2D eigenvalue weighted by molar-refractivity contribution is 5.74. The van der Waals surface area contributed by atoms with E-state index in [9.17, 15) is 9.59 Å². The molecule has 1 aromatic rings. The molecule has 0 unspecified atom stereocenters. The monoisotopic (exact) mass is 183 g/mol. The number of nitrogens with zero attached hydrogens (tertiary/aromatic N) is 2. The Morgan fingerprint density at radius 1 is 1.69 bits per heavy atom. The third kappa shape index (κ3) is 2.38. The standard InChI is InChI=1S/C7H9N3O3/c1-5-2-3-7(12)10(8-5)4-6(11)9-13/h2-3,13H,4H2,1H3,(H,9,11). The molecule has 6 nitrogen and oxygen atoms in total. The SMILES string of the molecule is Cc1ccc(=O)n(CC(=O)NO)n1. The summed E-state index contributed by atoms with van der Waals surface area (Å²) in [4.78, 5) is 21.7. The minimum Gasteiger partial charge on any atom is -0.289 e. The Balaban J connectivity index is 2.94. The molecule has 13 heavy (non-hydrogen) atoms. The Kier molecular flexibility index (Phi) is 2.76. The highest BCUT2D eigenvalue weighted by Gasteiger charge is 2.03. The molecule has 0 saturated carbocycles. The minimum atomic E-state index is -0.680. The molecular weight excluding hydrogens is 174 g/mol. The van der Waals surface area contributed by atoms with Crippen LogP contribution in [0.1, 0.15) is 5.69 Å². The Labute approximate surface area is 73.8 Å². The summed E-state index contributed by atoms with van der Waals surface area (Å²) in [7, 11) is 0. The summed E-state index contributed by atoms with van der Waals surface area (Å²) in [5, 5.41) is 12.0. The van der Waals surface area contributed by atoms with Gasteiger partial charge in [-0.2, -0.15) is 5.10 Å². The molecule has 70 valence electrons. The van der Waals surface area contributed by atoms with Crippen LogP contribution in [0.25, 0.3) is 0 Å². The fourth-order valence-electron chi connectivity index (χ4n) is 0.836. The van der Waals surface area contributed by atoms with Gasteiger partial charge in [0.25, 0.3) is 11.5 Å². The first-order valence-corrected chi connectivity index (χ1v) is 3.61. The van der Waals surface area contributed by atoms with Crippen LogP contribution < -0.4 is 11.0 Å². The lowest BCUT2D eigenvalue weighted by Crippen LogP contribution is -2.31. The molecule has 0 aliphatic rings. The third-order valence-corrected chi connectivity index (χ3v) is 1.42. The van der Waals surface area contributed by atoms with E-state index in [0.29, 0.717) is 5.69 Å². The summed E-state index contributed by atoms with van der Waals surface area (Å²) in [6, 6.07) is 2.86. The largest absolute Gasteiger partial charge is 0.289 e. The first kappa shape index (κ1) is 9.40. The first-order valence-electron chi connectivity index (χ1n) is 3.61. The van der Waals surface area contributed by atoms with Crippen LogP contribution in [0.2, 0.25) is 0 Å². The van der Waals surface area contributed by atoms with Gasteiger partial charge in [0.1, 0.15) is 6.54 Å². The van der Waals surface area contributed by atoms with Crippen LogP contribution in [-0.2, 0) is 11.3 Å². The number of aromatic nitrogens is 2. The number of carbonyl (C=O) groups is 1. The Bertz CT molecular complexity index is 371. The molecule has 0 atom stereocenters. The van der Waals surface area contributed by atoms with Crippen molar-refractivity contribution in [3.63, 3.8) is 0 Å². The number of hydrogen-bond donors (Lipinski definition) is 2. The zero-order valence-electron chi connectivity index (χ0n) is 7.02. The zero-order chi connectivity index (χ0) is 9.84. The van der Waals surface area contributed by atoms with E-state index >= 15 is 0 Å². The van der Waals surface area contributed by atoms with Gasteiger partial charge in [-0.05, 0) is 13.0 Å². The summed E-state index contributed by atoms with van der Waals surface area (Å²) in [5.74, 6) is -0.680. The first-order chi connectivity index (χ1) is 6.13. The van der Waals surface area contributed by atoms with Gasteiger partial charge in [-0.15, -0.1) is 0 Å². The number of hydroxylamine groups is 1. The molecule has 6 heteroatoms. The predicted molar refractivity (Wildman–Crippen MR) is 43.2 cm³/mol. The van der Waals surface area contributed by atoms with E-state index in [4.69, 9.17) is 5.21 Å². The average molecular weight is 183 g/mol. The van der Waals surface area contributed by atoms with Crippen molar-refractivity contribution in [1.82, 2.24) is 15.3 Å². The summed E-state index contributed by atoms with van der Waals surface area (Å²) >= 11 is 0. The van der Waals surface area contributed by atoms with Crippen molar-refractivity contribution >= 4 is 5.91 Å². The maximum Gasteiger partial charge on any atom is 0.267 e. The lowest BCUT2D eigenvalue weighted by atomic mass is 10.4. The Morgan fingerprint density at radius 2 is 2.38 bits per heavy atom. The van der Waals surface area contributed by atoms with Crippen molar-refractivity contribution in [2.24, 2.45) is 0 Å². The molecule has 1 amide bonds. The van der Waals surface area contributed by atoms with E-state index in [2.05, 4.69) is 5.10 Å². The van der Waals surface area contributed by atoms with Crippen molar-refractivity contribution in [3.05, 3.63) is 28.2 Å². The van der Waals surface area contributed by atoms with Crippen molar-refractivity contribution in [3.8, 4) is 0 Å². The molecule has 2 N–H and O–H groups in total. The van der Waals surface area contributed by atoms with Gasteiger partial charge in [0.15, 0.2) is 0 Å². The van der Waals surface area contributed by atoms with Crippen LogP contribution in [0, 0.1) is 6.92 Å². The van der Waals surface area contributed by atoms with E-state index in [0.717, 1.165) is 4.68 Å². The van der Waals surface area contributed by atoms with Crippen LogP contribution in [-0.4, -0.2) is 20.9 Å².